The van der Waals surface area contributed by atoms with Gasteiger partial charge in [0.15, 0.2) is 5.78 Å². The third kappa shape index (κ3) is 3.97. The highest BCUT2D eigenvalue weighted by Crippen LogP contribution is 2.29. The van der Waals surface area contributed by atoms with Gasteiger partial charge in [0.05, 0.1) is 15.7 Å². The van der Waals surface area contributed by atoms with Crippen LogP contribution in [-0.2, 0) is 0 Å². The third-order valence-electron chi connectivity index (χ3n) is 2.64. The molecule has 0 aliphatic heterocycles. The average Bonchev–Trinajstić information content (AvgIpc) is 2.44. The summed E-state index contributed by atoms with van der Waals surface area (Å²) in [6.45, 7) is 1.44. The summed E-state index contributed by atoms with van der Waals surface area (Å²) in [7, 11) is 0. The largest absolute Gasteiger partial charge is 0.417 e. The number of amides is 1. The summed E-state index contributed by atoms with van der Waals surface area (Å²) >= 11 is 11.8. The van der Waals surface area contributed by atoms with E-state index >= 15 is 0 Å². The molecule has 0 spiro atoms. The first kappa shape index (κ1) is 15.4. The molecule has 0 atom stereocenters. The maximum atomic E-state index is 11.8. The summed E-state index contributed by atoms with van der Waals surface area (Å²) in [5.74, 6) is 0.150. The van der Waals surface area contributed by atoms with Crippen molar-refractivity contribution in [3.05, 3.63) is 58.1 Å². The Kier molecular flexibility index (Phi) is 4.83. The molecule has 0 fully saturated rings. The van der Waals surface area contributed by atoms with Gasteiger partial charge in [-0.3, -0.25) is 10.1 Å². The van der Waals surface area contributed by atoms with E-state index in [1.54, 1.807) is 36.4 Å². The van der Waals surface area contributed by atoms with Crippen molar-refractivity contribution in [3.8, 4) is 5.75 Å². The molecule has 2 aromatic rings. The molecule has 0 aliphatic carbocycles. The highest BCUT2D eigenvalue weighted by molar-refractivity contribution is 6.43. The van der Waals surface area contributed by atoms with E-state index in [0.29, 0.717) is 16.3 Å². The van der Waals surface area contributed by atoms with E-state index in [4.69, 9.17) is 27.9 Å². The molecule has 0 aliphatic rings. The zero-order valence-electron chi connectivity index (χ0n) is 11.0. The second-order valence-electron chi connectivity index (χ2n) is 4.20. The summed E-state index contributed by atoms with van der Waals surface area (Å²) in [4.78, 5) is 23.1. The summed E-state index contributed by atoms with van der Waals surface area (Å²) in [6.07, 6.45) is -0.722. The van der Waals surface area contributed by atoms with Crippen LogP contribution in [0, 0.1) is 0 Å². The molecule has 0 unspecified atom stereocenters. The van der Waals surface area contributed by atoms with Crippen LogP contribution in [0.3, 0.4) is 0 Å². The quantitative estimate of drug-likeness (QED) is 0.825. The molecule has 0 heterocycles. The van der Waals surface area contributed by atoms with Crippen molar-refractivity contribution in [1.82, 2.24) is 0 Å². The minimum Gasteiger partial charge on any atom is -0.410 e. The molecule has 2 aromatic carbocycles. The maximum absolute atomic E-state index is 11.8. The number of benzene rings is 2. The minimum atomic E-state index is -0.722. The van der Waals surface area contributed by atoms with Crippen LogP contribution in [0.25, 0.3) is 0 Å². The second kappa shape index (κ2) is 6.61. The summed E-state index contributed by atoms with van der Waals surface area (Å²) < 4.78 is 5.10. The number of hydrogen-bond donors (Lipinski definition) is 1. The first-order valence-corrected chi connectivity index (χ1v) is 6.77. The lowest BCUT2D eigenvalue weighted by atomic mass is 10.1. The first-order valence-electron chi connectivity index (χ1n) is 6.01. The Bertz CT molecular complexity index is 701. The van der Waals surface area contributed by atoms with Crippen molar-refractivity contribution >= 4 is 40.8 Å². The Morgan fingerprint density at radius 2 is 1.81 bits per heavy atom. The number of carbonyl (C=O) groups is 2. The predicted octanol–water partition coefficient (Wildman–Crippen LogP) is 4.81. The molecule has 6 heteroatoms. The fourth-order valence-electron chi connectivity index (χ4n) is 1.62. The molecule has 2 rings (SSSR count). The lowest BCUT2D eigenvalue weighted by Gasteiger charge is -2.09. The summed E-state index contributed by atoms with van der Waals surface area (Å²) in [5.41, 5.74) is 0.804. The van der Waals surface area contributed by atoms with Crippen molar-refractivity contribution in [2.24, 2.45) is 0 Å². The van der Waals surface area contributed by atoms with E-state index in [0.717, 1.165) is 0 Å². The van der Waals surface area contributed by atoms with E-state index in [-0.39, 0.29) is 16.6 Å². The number of hydrogen-bond acceptors (Lipinski definition) is 3. The van der Waals surface area contributed by atoms with Gasteiger partial charge in [0, 0.05) is 5.56 Å². The van der Waals surface area contributed by atoms with Gasteiger partial charge in [-0.1, -0.05) is 41.4 Å². The highest BCUT2D eigenvalue weighted by Gasteiger charge is 2.10. The standard InChI is InChI=1S/C15H11Cl2NO3/c1-9(19)10-4-2-5-11(8-10)21-15(20)18-13-7-3-6-12(16)14(13)17/h2-8H,1H3,(H,18,20). The second-order valence-corrected chi connectivity index (χ2v) is 4.99. The van der Waals surface area contributed by atoms with Gasteiger partial charge in [-0.05, 0) is 31.2 Å². The van der Waals surface area contributed by atoms with Gasteiger partial charge in [-0.15, -0.1) is 0 Å². The Hall–Kier alpha value is -2.04. The molecule has 0 saturated heterocycles. The smallest absolute Gasteiger partial charge is 0.410 e. The van der Waals surface area contributed by atoms with Crippen LogP contribution in [0.5, 0.6) is 5.75 Å². The Morgan fingerprint density at radius 3 is 2.52 bits per heavy atom. The molecular weight excluding hydrogens is 313 g/mol. The van der Waals surface area contributed by atoms with Crippen molar-refractivity contribution in [2.75, 3.05) is 5.32 Å². The number of carbonyl (C=O) groups excluding carboxylic acids is 2. The van der Waals surface area contributed by atoms with E-state index in [9.17, 15) is 9.59 Å². The molecular formula is C15H11Cl2NO3. The number of halogens is 2. The molecule has 1 amide bonds. The fourth-order valence-corrected chi connectivity index (χ4v) is 1.97. The van der Waals surface area contributed by atoms with Gasteiger partial charge < -0.3 is 4.74 Å². The lowest BCUT2D eigenvalue weighted by molar-refractivity contribution is 0.101. The van der Waals surface area contributed by atoms with Gasteiger partial charge in [0.25, 0.3) is 0 Å². The number of ether oxygens (including phenoxy) is 1. The van der Waals surface area contributed by atoms with E-state index in [2.05, 4.69) is 5.32 Å². The zero-order valence-corrected chi connectivity index (χ0v) is 12.5. The number of ketones is 1. The van der Waals surface area contributed by atoms with Crippen molar-refractivity contribution in [2.45, 2.75) is 6.92 Å². The Labute approximate surface area is 131 Å². The monoisotopic (exact) mass is 323 g/mol. The molecule has 1 N–H and O–H groups in total. The van der Waals surface area contributed by atoms with Gasteiger partial charge in [0.1, 0.15) is 5.75 Å². The van der Waals surface area contributed by atoms with Crippen LogP contribution in [0.1, 0.15) is 17.3 Å². The van der Waals surface area contributed by atoms with Crippen molar-refractivity contribution in [3.63, 3.8) is 0 Å². The average molecular weight is 324 g/mol. The van der Waals surface area contributed by atoms with Crippen LogP contribution >= 0.6 is 23.2 Å². The summed E-state index contributed by atoms with van der Waals surface area (Å²) in [5, 5.41) is 3.04. The van der Waals surface area contributed by atoms with Crippen LogP contribution < -0.4 is 10.1 Å². The van der Waals surface area contributed by atoms with E-state index < -0.39 is 6.09 Å². The zero-order chi connectivity index (χ0) is 15.4. The van der Waals surface area contributed by atoms with Crippen molar-refractivity contribution in [1.29, 1.82) is 0 Å². The maximum Gasteiger partial charge on any atom is 0.417 e. The van der Waals surface area contributed by atoms with Crippen LogP contribution in [0.4, 0.5) is 10.5 Å². The highest BCUT2D eigenvalue weighted by atomic mass is 35.5. The molecule has 0 saturated carbocycles. The van der Waals surface area contributed by atoms with E-state index in [1.165, 1.54) is 13.0 Å². The van der Waals surface area contributed by atoms with Gasteiger partial charge in [-0.25, -0.2) is 4.79 Å². The first-order chi connectivity index (χ1) is 9.97. The Balaban J connectivity index is 2.10. The number of Topliss-reactive ketones (excluding diaryl/α,β-unsaturated/α-hetero) is 1. The van der Waals surface area contributed by atoms with Crippen molar-refractivity contribution < 1.29 is 14.3 Å². The molecule has 21 heavy (non-hydrogen) atoms. The van der Waals surface area contributed by atoms with Gasteiger partial charge in [-0.2, -0.15) is 0 Å². The van der Waals surface area contributed by atoms with Crippen LogP contribution in [-0.4, -0.2) is 11.9 Å². The molecule has 4 nitrogen and oxygen atoms in total. The normalized spacial score (nSPS) is 10.0. The van der Waals surface area contributed by atoms with E-state index in [1.807, 2.05) is 0 Å². The topological polar surface area (TPSA) is 55.4 Å². The molecule has 0 aromatic heterocycles. The molecule has 0 bridgehead atoms. The number of anilines is 1. The van der Waals surface area contributed by atoms with Crippen LogP contribution in [0.15, 0.2) is 42.5 Å². The Morgan fingerprint density at radius 1 is 1.10 bits per heavy atom. The van der Waals surface area contributed by atoms with Gasteiger partial charge >= 0.3 is 6.09 Å². The van der Waals surface area contributed by atoms with Crippen LogP contribution in [0.2, 0.25) is 10.0 Å². The third-order valence-corrected chi connectivity index (χ3v) is 3.46. The predicted molar refractivity (Wildman–Crippen MR) is 82.6 cm³/mol. The lowest BCUT2D eigenvalue weighted by Crippen LogP contribution is -2.17. The summed E-state index contributed by atoms with van der Waals surface area (Å²) in [6, 6.07) is 11.2. The minimum absolute atomic E-state index is 0.112. The van der Waals surface area contributed by atoms with Gasteiger partial charge in [0.2, 0.25) is 0 Å². The molecule has 108 valence electrons. The SMILES string of the molecule is CC(=O)c1cccc(OC(=O)Nc2cccc(Cl)c2Cl)c1. The number of nitrogens with one attached hydrogen (secondary N) is 1. The molecule has 0 radical (unpaired) electrons. The fraction of sp³-hybridized carbons (Fsp3) is 0.0667. The number of rotatable bonds is 3.